The van der Waals surface area contributed by atoms with Crippen LogP contribution in [-0.4, -0.2) is 9.91 Å². The summed E-state index contributed by atoms with van der Waals surface area (Å²) in [6, 6.07) is 7.76. The van der Waals surface area contributed by atoms with Gasteiger partial charge in [-0.15, -0.1) is 0 Å². The average Bonchev–Trinajstić information content (AvgIpc) is 2.38. The van der Waals surface area contributed by atoms with E-state index in [2.05, 4.69) is 4.98 Å². The first-order valence-electron chi connectivity index (χ1n) is 5.51. The second-order valence-electron chi connectivity index (χ2n) is 3.89. The van der Waals surface area contributed by atoms with Crippen LogP contribution in [0.5, 0.6) is 11.6 Å². The van der Waals surface area contributed by atoms with Gasteiger partial charge in [-0.3, -0.25) is 10.1 Å². The minimum Gasteiger partial charge on any atom is -0.430 e. The molecule has 0 bridgehead atoms. The molecule has 100 valence electrons. The number of nitro benzene ring substituents is 1. The summed E-state index contributed by atoms with van der Waals surface area (Å²) < 4.78 is 18.4. The van der Waals surface area contributed by atoms with Crippen molar-refractivity contribution in [1.29, 1.82) is 5.26 Å². The van der Waals surface area contributed by atoms with E-state index in [-0.39, 0.29) is 17.2 Å². The predicted octanol–water partition coefficient (Wildman–Crippen LogP) is 3.10. The molecule has 20 heavy (non-hydrogen) atoms. The van der Waals surface area contributed by atoms with E-state index < -0.39 is 16.4 Å². The van der Waals surface area contributed by atoms with Crippen LogP contribution in [0.4, 0.5) is 10.1 Å². The van der Waals surface area contributed by atoms with E-state index in [0.717, 1.165) is 18.2 Å². The Balaban J connectivity index is 2.50. The molecule has 0 saturated heterocycles. The van der Waals surface area contributed by atoms with Gasteiger partial charge in [0.25, 0.3) is 0 Å². The van der Waals surface area contributed by atoms with Crippen molar-refractivity contribution in [2.75, 3.05) is 0 Å². The van der Waals surface area contributed by atoms with Gasteiger partial charge in [0, 0.05) is 17.8 Å². The van der Waals surface area contributed by atoms with Gasteiger partial charge in [-0.1, -0.05) is 0 Å². The van der Waals surface area contributed by atoms with Crippen LogP contribution in [0.2, 0.25) is 0 Å². The summed E-state index contributed by atoms with van der Waals surface area (Å²) in [5.74, 6) is -1.08. The lowest BCUT2D eigenvalue weighted by Gasteiger charge is -2.07. The molecule has 0 aliphatic heterocycles. The van der Waals surface area contributed by atoms with Crippen LogP contribution in [0.15, 0.2) is 30.3 Å². The highest BCUT2D eigenvalue weighted by atomic mass is 19.1. The predicted molar refractivity (Wildman–Crippen MR) is 66.8 cm³/mol. The second-order valence-corrected chi connectivity index (χ2v) is 3.89. The molecule has 1 heterocycles. The number of nitrogens with zero attached hydrogens (tertiary/aromatic N) is 3. The molecule has 2 aromatic rings. The molecule has 0 aliphatic rings. The maximum Gasteiger partial charge on any atom is 0.311 e. The lowest BCUT2D eigenvalue weighted by Crippen LogP contribution is -1.98. The first-order valence-corrected chi connectivity index (χ1v) is 5.51. The molecule has 0 fully saturated rings. The number of nitro groups is 1. The van der Waals surface area contributed by atoms with Gasteiger partial charge in [-0.05, 0) is 25.1 Å². The summed E-state index contributed by atoms with van der Waals surface area (Å²) >= 11 is 0. The molecule has 0 aliphatic carbocycles. The van der Waals surface area contributed by atoms with Gasteiger partial charge in [-0.25, -0.2) is 9.37 Å². The van der Waals surface area contributed by atoms with Crippen molar-refractivity contribution in [2.24, 2.45) is 0 Å². The minimum atomic E-state index is -0.698. The normalized spacial score (nSPS) is 9.85. The third-order valence-corrected chi connectivity index (χ3v) is 2.45. The Kier molecular flexibility index (Phi) is 3.57. The van der Waals surface area contributed by atoms with Crippen LogP contribution >= 0.6 is 0 Å². The van der Waals surface area contributed by atoms with Gasteiger partial charge < -0.3 is 4.74 Å². The molecular formula is C13H8FN3O3. The zero-order valence-corrected chi connectivity index (χ0v) is 10.3. The number of benzene rings is 1. The molecular weight excluding hydrogens is 265 g/mol. The third kappa shape index (κ3) is 2.70. The number of aromatic nitrogens is 1. The van der Waals surface area contributed by atoms with E-state index in [1.165, 1.54) is 6.07 Å². The maximum absolute atomic E-state index is 13.2. The second kappa shape index (κ2) is 5.32. The van der Waals surface area contributed by atoms with Gasteiger partial charge in [0.2, 0.25) is 11.6 Å². The van der Waals surface area contributed by atoms with Crippen LogP contribution in [0.1, 0.15) is 11.3 Å². The van der Waals surface area contributed by atoms with Crippen molar-refractivity contribution in [3.63, 3.8) is 0 Å². The largest absolute Gasteiger partial charge is 0.430 e. The van der Waals surface area contributed by atoms with Crippen LogP contribution in [0.25, 0.3) is 0 Å². The summed E-state index contributed by atoms with van der Waals surface area (Å²) in [6.45, 7) is 1.67. The van der Waals surface area contributed by atoms with Crippen molar-refractivity contribution in [3.8, 4) is 17.7 Å². The number of ether oxygens (including phenoxy) is 1. The third-order valence-electron chi connectivity index (χ3n) is 2.45. The summed E-state index contributed by atoms with van der Waals surface area (Å²) in [5.41, 5.74) is 0.269. The summed E-state index contributed by atoms with van der Waals surface area (Å²) in [6.07, 6.45) is 0. The molecule has 0 spiro atoms. The van der Waals surface area contributed by atoms with E-state index in [1.807, 2.05) is 6.07 Å². The molecule has 0 saturated carbocycles. The number of nitriles is 1. The number of rotatable bonds is 3. The van der Waals surface area contributed by atoms with Crippen molar-refractivity contribution >= 4 is 5.69 Å². The number of hydrogen-bond donors (Lipinski definition) is 0. The fraction of sp³-hybridized carbons (Fsp3) is 0.0769. The standard InChI is InChI=1S/C13H8FN3O3/c1-8-2-3-9(7-15)13(16-8)20-12-6-10(14)4-5-11(12)17(18)19/h2-6H,1H3. The molecule has 0 radical (unpaired) electrons. The van der Waals surface area contributed by atoms with Crippen LogP contribution in [-0.2, 0) is 0 Å². The minimum absolute atomic E-state index is 0.0961. The smallest absolute Gasteiger partial charge is 0.311 e. The fourth-order valence-electron chi connectivity index (χ4n) is 1.52. The van der Waals surface area contributed by atoms with E-state index in [4.69, 9.17) is 10.00 Å². The molecule has 1 aromatic carbocycles. The summed E-state index contributed by atoms with van der Waals surface area (Å²) in [5, 5.41) is 19.8. The molecule has 0 unspecified atom stereocenters. The molecule has 6 nitrogen and oxygen atoms in total. The zero-order valence-electron chi connectivity index (χ0n) is 10.3. The van der Waals surface area contributed by atoms with Crippen LogP contribution in [0.3, 0.4) is 0 Å². The Bertz CT molecular complexity index is 725. The molecule has 0 amide bonds. The first kappa shape index (κ1) is 13.4. The Morgan fingerprint density at radius 2 is 2.15 bits per heavy atom. The van der Waals surface area contributed by atoms with E-state index in [0.29, 0.717) is 5.69 Å². The molecule has 2 rings (SSSR count). The van der Waals surface area contributed by atoms with Gasteiger partial charge in [0.05, 0.1) is 4.92 Å². The van der Waals surface area contributed by atoms with Gasteiger partial charge in [-0.2, -0.15) is 5.26 Å². The lowest BCUT2D eigenvalue weighted by atomic mass is 10.2. The molecule has 1 aromatic heterocycles. The first-order chi connectivity index (χ1) is 9.51. The van der Waals surface area contributed by atoms with E-state index in [1.54, 1.807) is 13.0 Å². The van der Waals surface area contributed by atoms with Crippen LogP contribution in [0, 0.1) is 34.2 Å². The molecule has 0 N–H and O–H groups in total. The molecule has 0 atom stereocenters. The van der Waals surface area contributed by atoms with Gasteiger partial charge >= 0.3 is 5.69 Å². The Morgan fingerprint density at radius 3 is 2.80 bits per heavy atom. The SMILES string of the molecule is Cc1ccc(C#N)c(Oc2cc(F)ccc2[N+](=O)[O-])n1. The fourth-order valence-corrected chi connectivity index (χ4v) is 1.52. The van der Waals surface area contributed by atoms with Crippen molar-refractivity contribution in [2.45, 2.75) is 6.92 Å². The summed E-state index contributed by atoms with van der Waals surface area (Å²) in [7, 11) is 0. The van der Waals surface area contributed by atoms with E-state index in [9.17, 15) is 14.5 Å². The number of pyridine rings is 1. The monoisotopic (exact) mass is 273 g/mol. The maximum atomic E-state index is 13.2. The molecule has 7 heteroatoms. The average molecular weight is 273 g/mol. The quantitative estimate of drug-likeness (QED) is 0.633. The number of aryl methyl sites for hydroxylation is 1. The highest BCUT2D eigenvalue weighted by Gasteiger charge is 2.18. The van der Waals surface area contributed by atoms with Crippen molar-refractivity contribution in [3.05, 3.63) is 57.5 Å². The number of halogens is 1. The Hall–Kier alpha value is -3.01. The topological polar surface area (TPSA) is 89.0 Å². The van der Waals surface area contributed by atoms with Crippen molar-refractivity contribution in [1.82, 2.24) is 4.98 Å². The Morgan fingerprint density at radius 1 is 1.40 bits per heavy atom. The Labute approximate surface area is 113 Å². The zero-order chi connectivity index (χ0) is 14.7. The van der Waals surface area contributed by atoms with Gasteiger partial charge in [0.15, 0.2) is 0 Å². The highest BCUT2D eigenvalue weighted by Crippen LogP contribution is 2.32. The lowest BCUT2D eigenvalue weighted by molar-refractivity contribution is -0.385. The van der Waals surface area contributed by atoms with Crippen LogP contribution < -0.4 is 4.74 Å². The van der Waals surface area contributed by atoms with Gasteiger partial charge in [0.1, 0.15) is 17.4 Å². The summed E-state index contributed by atoms with van der Waals surface area (Å²) in [4.78, 5) is 14.1. The number of hydrogen-bond acceptors (Lipinski definition) is 5. The highest BCUT2D eigenvalue weighted by molar-refractivity contribution is 5.50. The van der Waals surface area contributed by atoms with Crippen molar-refractivity contribution < 1.29 is 14.1 Å². The van der Waals surface area contributed by atoms with E-state index >= 15 is 0 Å².